The van der Waals surface area contributed by atoms with Crippen molar-refractivity contribution in [2.75, 3.05) is 13.7 Å². The number of aromatic nitrogens is 2. The third kappa shape index (κ3) is 4.67. The summed E-state index contributed by atoms with van der Waals surface area (Å²) in [4.78, 5) is 37.9. The SMILES string of the molecule is COc1ccccc1CN1C(=O)N[C@H](CCC(=O)NCCn2cccn2)C1=O. The van der Waals surface area contributed by atoms with Crippen LogP contribution in [0, 0.1) is 0 Å². The summed E-state index contributed by atoms with van der Waals surface area (Å²) in [6, 6.07) is 7.88. The number of urea groups is 1. The number of carbonyl (C=O) groups is 3. The summed E-state index contributed by atoms with van der Waals surface area (Å²) in [5.74, 6) is 0.112. The number of benzene rings is 1. The van der Waals surface area contributed by atoms with Crippen molar-refractivity contribution in [1.82, 2.24) is 25.3 Å². The molecule has 2 N–H and O–H groups in total. The first-order chi connectivity index (χ1) is 13.6. The van der Waals surface area contributed by atoms with Crippen LogP contribution in [0.1, 0.15) is 18.4 Å². The first-order valence-electron chi connectivity index (χ1n) is 9.06. The molecule has 1 atom stereocenters. The number of nitrogens with one attached hydrogen (secondary N) is 2. The topological polar surface area (TPSA) is 106 Å². The van der Waals surface area contributed by atoms with Gasteiger partial charge in [0.15, 0.2) is 0 Å². The van der Waals surface area contributed by atoms with E-state index in [1.807, 2.05) is 24.4 Å². The normalized spacial score (nSPS) is 16.2. The van der Waals surface area contributed by atoms with Gasteiger partial charge < -0.3 is 15.4 Å². The summed E-state index contributed by atoms with van der Waals surface area (Å²) < 4.78 is 6.99. The molecule has 0 spiro atoms. The lowest BCUT2D eigenvalue weighted by molar-refractivity contribution is -0.128. The van der Waals surface area contributed by atoms with Crippen molar-refractivity contribution in [3.05, 3.63) is 48.3 Å². The Balaban J connectivity index is 1.47. The molecule has 9 heteroatoms. The van der Waals surface area contributed by atoms with Crippen molar-refractivity contribution in [3.63, 3.8) is 0 Å². The highest BCUT2D eigenvalue weighted by molar-refractivity contribution is 6.04. The van der Waals surface area contributed by atoms with Crippen molar-refractivity contribution in [2.45, 2.75) is 32.0 Å². The second kappa shape index (κ2) is 9.03. The Morgan fingerprint density at radius 2 is 2.11 bits per heavy atom. The molecule has 2 aromatic rings. The van der Waals surface area contributed by atoms with Crippen molar-refractivity contribution in [3.8, 4) is 5.75 Å². The third-order valence-electron chi connectivity index (χ3n) is 4.51. The molecule has 1 aromatic carbocycles. The van der Waals surface area contributed by atoms with Gasteiger partial charge in [-0.15, -0.1) is 0 Å². The molecule has 0 aliphatic carbocycles. The quantitative estimate of drug-likeness (QED) is 0.624. The smallest absolute Gasteiger partial charge is 0.325 e. The van der Waals surface area contributed by atoms with Crippen LogP contribution < -0.4 is 15.4 Å². The summed E-state index contributed by atoms with van der Waals surface area (Å²) in [5, 5.41) is 9.49. The lowest BCUT2D eigenvalue weighted by atomic mass is 10.1. The lowest BCUT2D eigenvalue weighted by Crippen LogP contribution is -2.33. The van der Waals surface area contributed by atoms with Gasteiger partial charge >= 0.3 is 6.03 Å². The van der Waals surface area contributed by atoms with E-state index in [4.69, 9.17) is 4.74 Å². The van der Waals surface area contributed by atoms with Crippen molar-refractivity contribution >= 4 is 17.8 Å². The maximum absolute atomic E-state index is 12.6. The number of para-hydroxylation sites is 1. The van der Waals surface area contributed by atoms with Gasteiger partial charge in [0, 0.05) is 30.9 Å². The second-order valence-electron chi connectivity index (χ2n) is 6.40. The van der Waals surface area contributed by atoms with Crippen LogP contribution in [0.3, 0.4) is 0 Å². The standard InChI is InChI=1S/C19H23N5O4/c1-28-16-6-3-2-5-14(16)13-24-18(26)15(22-19(24)27)7-8-17(25)20-10-12-23-11-4-9-21-23/h2-6,9,11,15H,7-8,10,12-13H2,1H3,(H,20,25)(H,22,27)/t15-/m1/s1. The fourth-order valence-electron chi connectivity index (χ4n) is 3.03. The molecule has 1 aliphatic heterocycles. The predicted molar refractivity (Wildman–Crippen MR) is 100 cm³/mol. The molecule has 0 saturated carbocycles. The Bertz CT molecular complexity index is 837. The summed E-state index contributed by atoms with van der Waals surface area (Å²) >= 11 is 0. The number of amides is 4. The molecule has 0 unspecified atom stereocenters. The zero-order chi connectivity index (χ0) is 19.9. The van der Waals surface area contributed by atoms with E-state index in [9.17, 15) is 14.4 Å². The molecule has 0 bridgehead atoms. The van der Waals surface area contributed by atoms with E-state index in [1.165, 1.54) is 0 Å². The van der Waals surface area contributed by atoms with Crippen LogP contribution in [-0.2, 0) is 22.7 Å². The summed E-state index contributed by atoms with van der Waals surface area (Å²) in [5.41, 5.74) is 0.741. The number of rotatable bonds is 9. The number of nitrogens with zero attached hydrogens (tertiary/aromatic N) is 3. The second-order valence-corrected chi connectivity index (χ2v) is 6.40. The van der Waals surface area contributed by atoms with Crippen LogP contribution in [0.5, 0.6) is 5.75 Å². The molecule has 1 aromatic heterocycles. The minimum absolute atomic E-state index is 0.126. The van der Waals surface area contributed by atoms with Gasteiger partial charge in [-0.2, -0.15) is 5.10 Å². The van der Waals surface area contributed by atoms with Crippen molar-refractivity contribution < 1.29 is 19.1 Å². The van der Waals surface area contributed by atoms with E-state index in [1.54, 1.807) is 30.1 Å². The Morgan fingerprint density at radius 1 is 1.29 bits per heavy atom. The summed E-state index contributed by atoms with van der Waals surface area (Å²) in [6.07, 6.45) is 3.89. The van der Waals surface area contributed by atoms with E-state index in [0.29, 0.717) is 18.8 Å². The van der Waals surface area contributed by atoms with E-state index in [2.05, 4.69) is 15.7 Å². The van der Waals surface area contributed by atoms with Crippen LogP contribution >= 0.6 is 0 Å². The zero-order valence-electron chi connectivity index (χ0n) is 15.6. The van der Waals surface area contributed by atoms with Gasteiger partial charge in [-0.1, -0.05) is 18.2 Å². The first-order valence-corrected chi connectivity index (χ1v) is 9.06. The Morgan fingerprint density at radius 3 is 2.86 bits per heavy atom. The number of carbonyl (C=O) groups excluding carboxylic acids is 3. The molecule has 0 radical (unpaired) electrons. The molecule has 1 aliphatic rings. The summed E-state index contributed by atoms with van der Waals surface area (Å²) in [6.45, 7) is 1.15. The highest BCUT2D eigenvalue weighted by Crippen LogP contribution is 2.22. The van der Waals surface area contributed by atoms with Crippen LogP contribution in [0.4, 0.5) is 4.79 Å². The van der Waals surface area contributed by atoms with Gasteiger partial charge in [-0.05, 0) is 18.6 Å². The Labute approximate surface area is 162 Å². The monoisotopic (exact) mass is 385 g/mol. The maximum atomic E-state index is 12.6. The average molecular weight is 385 g/mol. The Hall–Kier alpha value is -3.36. The molecule has 1 saturated heterocycles. The lowest BCUT2D eigenvalue weighted by Gasteiger charge is -2.15. The van der Waals surface area contributed by atoms with Crippen LogP contribution in [0.2, 0.25) is 0 Å². The fraction of sp³-hybridized carbons (Fsp3) is 0.368. The van der Waals surface area contributed by atoms with E-state index >= 15 is 0 Å². The zero-order valence-corrected chi connectivity index (χ0v) is 15.6. The number of ether oxygens (including phenoxy) is 1. The number of methoxy groups -OCH3 is 1. The molecular formula is C19H23N5O4. The molecule has 9 nitrogen and oxygen atoms in total. The number of hydrogen-bond donors (Lipinski definition) is 2. The van der Waals surface area contributed by atoms with Crippen LogP contribution in [0.15, 0.2) is 42.7 Å². The van der Waals surface area contributed by atoms with Crippen molar-refractivity contribution in [2.24, 2.45) is 0 Å². The molecule has 3 rings (SSSR count). The Kier molecular flexibility index (Phi) is 6.25. The van der Waals surface area contributed by atoms with Gasteiger partial charge in [0.2, 0.25) is 5.91 Å². The van der Waals surface area contributed by atoms with Gasteiger partial charge in [0.1, 0.15) is 11.8 Å². The number of imide groups is 1. The van der Waals surface area contributed by atoms with Crippen LogP contribution in [-0.4, -0.2) is 52.2 Å². The first kappa shape index (κ1) is 19.4. The van der Waals surface area contributed by atoms with E-state index in [-0.39, 0.29) is 31.2 Å². The molecule has 28 heavy (non-hydrogen) atoms. The summed E-state index contributed by atoms with van der Waals surface area (Å²) in [7, 11) is 1.54. The van der Waals surface area contributed by atoms with Gasteiger partial charge in [0.05, 0.1) is 20.2 Å². The molecule has 1 fully saturated rings. The predicted octanol–water partition coefficient (Wildman–Crippen LogP) is 0.909. The molecule has 148 valence electrons. The molecule has 2 heterocycles. The third-order valence-corrected chi connectivity index (χ3v) is 4.51. The molecule has 4 amide bonds. The highest BCUT2D eigenvalue weighted by atomic mass is 16.5. The van der Waals surface area contributed by atoms with E-state index < -0.39 is 12.1 Å². The fourth-order valence-corrected chi connectivity index (χ4v) is 3.03. The molecular weight excluding hydrogens is 362 g/mol. The van der Waals surface area contributed by atoms with E-state index in [0.717, 1.165) is 10.5 Å². The minimum atomic E-state index is -0.695. The van der Waals surface area contributed by atoms with Gasteiger partial charge in [-0.3, -0.25) is 19.2 Å². The average Bonchev–Trinajstić information content (AvgIpc) is 3.30. The maximum Gasteiger partial charge on any atom is 0.325 e. The largest absolute Gasteiger partial charge is 0.496 e. The minimum Gasteiger partial charge on any atom is -0.496 e. The van der Waals surface area contributed by atoms with Gasteiger partial charge in [0.25, 0.3) is 5.91 Å². The highest BCUT2D eigenvalue weighted by Gasteiger charge is 2.38. The van der Waals surface area contributed by atoms with Crippen molar-refractivity contribution in [1.29, 1.82) is 0 Å². The van der Waals surface area contributed by atoms with Crippen LogP contribution in [0.25, 0.3) is 0 Å². The van der Waals surface area contributed by atoms with Gasteiger partial charge in [-0.25, -0.2) is 4.79 Å². The number of hydrogen-bond acceptors (Lipinski definition) is 5.